The second-order valence-corrected chi connectivity index (χ2v) is 4.79. The molecule has 0 aromatic heterocycles. The summed E-state index contributed by atoms with van der Waals surface area (Å²) in [5.41, 5.74) is 1.15. The summed E-state index contributed by atoms with van der Waals surface area (Å²) in [5, 5.41) is 3.43. The van der Waals surface area contributed by atoms with Crippen molar-refractivity contribution in [3.63, 3.8) is 0 Å². The molecule has 118 valence electrons. The average Bonchev–Trinajstić information content (AvgIpc) is 2.53. The van der Waals surface area contributed by atoms with Crippen molar-refractivity contribution in [3.05, 3.63) is 23.8 Å². The molecule has 0 saturated carbocycles. The Morgan fingerprint density at radius 1 is 1.10 bits per heavy atom. The van der Waals surface area contributed by atoms with Crippen LogP contribution in [0.15, 0.2) is 18.2 Å². The van der Waals surface area contributed by atoms with Crippen LogP contribution in [-0.2, 0) is 9.47 Å². The molecule has 1 heterocycles. The zero-order valence-electron chi connectivity index (χ0n) is 12.9. The van der Waals surface area contributed by atoms with E-state index in [1.807, 2.05) is 19.1 Å². The van der Waals surface area contributed by atoms with E-state index < -0.39 is 0 Å². The number of likely N-dealkylation sites (N-methyl/N-ethyl adjacent to an activating group) is 1. The molecule has 2 rings (SSSR count). The number of nitrogens with one attached hydrogen (secondary N) is 1. The summed E-state index contributed by atoms with van der Waals surface area (Å²) in [4.78, 5) is 0. The van der Waals surface area contributed by atoms with E-state index in [0.29, 0.717) is 33.0 Å². The van der Waals surface area contributed by atoms with Gasteiger partial charge >= 0.3 is 0 Å². The molecular formula is C16H25NO4. The van der Waals surface area contributed by atoms with Crippen LogP contribution in [0.25, 0.3) is 0 Å². The molecule has 0 amide bonds. The SMILES string of the molecule is CCNC(COCCOCC)c1ccc2c(c1)OCCO2. The molecule has 1 aromatic rings. The monoisotopic (exact) mass is 295 g/mol. The summed E-state index contributed by atoms with van der Waals surface area (Å²) in [5.74, 6) is 1.63. The first-order valence-electron chi connectivity index (χ1n) is 7.63. The maximum Gasteiger partial charge on any atom is 0.161 e. The van der Waals surface area contributed by atoms with E-state index in [0.717, 1.165) is 30.2 Å². The second-order valence-electron chi connectivity index (χ2n) is 4.79. The van der Waals surface area contributed by atoms with E-state index in [4.69, 9.17) is 18.9 Å². The van der Waals surface area contributed by atoms with Gasteiger partial charge in [-0.15, -0.1) is 0 Å². The Labute approximate surface area is 126 Å². The van der Waals surface area contributed by atoms with Crippen LogP contribution in [0.1, 0.15) is 25.5 Å². The van der Waals surface area contributed by atoms with Crippen molar-refractivity contribution in [1.82, 2.24) is 5.32 Å². The molecule has 21 heavy (non-hydrogen) atoms. The molecule has 0 aliphatic carbocycles. The predicted molar refractivity (Wildman–Crippen MR) is 81.2 cm³/mol. The van der Waals surface area contributed by atoms with Crippen molar-refractivity contribution in [2.75, 3.05) is 46.2 Å². The van der Waals surface area contributed by atoms with Crippen LogP contribution < -0.4 is 14.8 Å². The molecule has 1 N–H and O–H groups in total. The highest BCUT2D eigenvalue weighted by molar-refractivity contribution is 5.44. The van der Waals surface area contributed by atoms with E-state index >= 15 is 0 Å². The molecule has 5 heteroatoms. The van der Waals surface area contributed by atoms with Gasteiger partial charge in [-0.05, 0) is 31.2 Å². The third-order valence-electron chi connectivity index (χ3n) is 3.28. The van der Waals surface area contributed by atoms with Crippen LogP contribution in [0.4, 0.5) is 0 Å². The Morgan fingerprint density at radius 3 is 2.62 bits per heavy atom. The fraction of sp³-hybridized carbons (Fsp3) is 0.625. The van der Waals surface area contributed by atoms with Crippen molar-refractivity contribution in [2.45, 2.75) is 19.9 Å². The fourth-order valence-corrected chi connectivity index (χ4v) is 2.26. The minimum Gasteiger partial charge on any atom is -0.486 e. The predicted octanol–water partition coefficient (Wildman–Crippen LogP) is 2.16. The fourth-order valence-electron chi connectivity index (χ4n) is 2.26. The van der Waals surface area contributed by atoms with Crippen molar-refractivity contribution in [1.29, 1.82) is 0 Å². The number of fused-ring (bicyclic) bond motifs is 1. The molecule has 0 bridgehead atoms. The molecule has 1 unspecified atom stereocenters. The van der Waals surface area contributed by atoms with Crippen molar-refractivity contribution >= 4 is 0 Å². The highest BCUT2D eigenvalue weighted by Gasteiger charge is 2.16. The lowest BCUT2D eigenvalue weighted by molar-refractivity contribution is 0.0434. The van der Waals surface area contributed by atoms with Gasteiger partial charge < -0.3 is 24.3 Å². The smallest absolute Gasteiger partial charge is 0.161 e. The molecule has 0 saturated heterocycles. The zero-order chi connectivity index (χ0) is 14.9. The first-order valence-corrected chi connectivity index (χ1v) is 7.63. The van der Waals surface area contributed by atoms with E-state index in [9.17, 15) is 0 Å². The lowest BCUT2D eigenvalue weighted by Gasteiger charge is -2.22. The Kier molecular flexibility index (Phi) is 6.79. The number of hydrogen-bond donors (Lipinski definition) is 1. The molecular weight excluding hydrogens is 270 g/mol. The van der Waals surface area contributed by atoms with Gasteiger partial charge in [0.2, 0.25) is 0 Å². The highest BCUT2D eigenvalue weighted by atomic mass is 16.6. The van der Waals surface area contributed by atoms with Gasteiger partial charge in [-0.1, -0.05) is 13.0 Å². The minimum absolute atomic E-state index is 0.146. The summed E-state index contributed by atoms with van der Waals surface area (Å²) >= 11 is 0. The largest absolute Gasteiger partial charge is 0.486 e. The van der Waals surface area contributed by atoms with Crippen LogP contribution >= 0.6 is 0 Å². The third-order valence-corrected chi connectivity index (χ3v) is 3.28. The zero-order valence-corrected chi connectivity index (χ0v) is 12.9. The summed E-state index contributed by atoms with van der Waals surface area (Å²) in [6.07, 6.45) is 0. The van der Waals surface area contributed by atoms with Gasteiger partial charge in [-0.3, -0.25) is 0 Å². The lowest BCUT2D eigenvalue weighted by atomic mass is 10.1. The summed E-state index contributed by atoms with van der Waals surface area (Å²) in [6.45, 7) is 8.76. The van der Waals surface area contributed by atoms with Crippen LogP contribution in [0, 0.1) is 0 Å². The summed E-state index contributed by atoms with van der Waals surface area (Å²) in [7, 11) is 0. The topological polar surface area (TPSA) is 49.0 Å². The first kappa shape index (κ1) is 16.1. The second kappa shape index (κ2) is 8.87. The quantitative estimate of drug-likeness (QED) is 0.708. The minimum atomic E-state index is 0.146. The highest BCUT2D eigenvalue weighted by Crippen LogP contribution is 2.32. The third kappa shape index (κ3) is 4.88. The Morgan fingerprint density at radius 2 is 1.86 bits per heavy atom. The maximum absolute atomic E-state index is 5.69. The molecule has 1 aliphatic rings. The van der Waals surface area contributed by atoms with Gasteiger partial charge in [-0.2, -0.15) is 0 Å². The van der Waals surface area contributed by atoms with Crippen LogP contribution in [0.3, 0.4) is 0 Å². The number of hydrogen-bond acceptors (Lipinski definition) is 5. The number of benzene rings is 1. The van der Waals surface area contributed by atoms with Gasteiger partial charge in [0, 0.05) is 6.61 Å². The first-order chi connectivity index (χ1) is 10.3. The van der Waals surface area contributed by atoms with E-state index in [1.165, 1.54) is 0 Å². The van der Waals surface area contributed by atoms with Gasteiger partial charge in [-0.25, -0.2) is 0 Å². The number of rotatable bonds is 9. The Bertz CT molecular complexity index is 425. The van der Waals surface area contributed by atoms with E-state index in [-0.39, 0.29) is 6.04 Å². The molecule has 1 aromatic carbocycles. The Balaban J connectivity index is 1.93. The molecule has 0 fully saturated rings. The molecule has 0 spiro atoms. The van der Waals surface area contributed by atoms with Gasteiger partial charge in [0.25, 0.3) is 0 Å². The Hall–Kier alpha value is -1.30. The van der Waals surface area contributed by atoms with Crippen LogP contribution in [-0.4, -0.2) is 46.2 Å². The number of ether oxygens (including phenoxy) is 4. The molecule has 0 radical (unpaired) electrons. The van der Waals surface area contributed by atoms with Crippen LogP contribution in [0.2, 0.25) is 0 Å². The lowest BCUT2D eigenvalue weighted by Crippen LogP contribution is -2.26. The maximum atomic E-state index is 5.69. The molecule has 1 aliphatic heterocycles. The summed E-state index contributed by atoms with van der Waals surface area (Å²) < 4.78 is 22.1. The standard InChI is InChI=1S/C16H25NO4/c1-3-17-14(12-19-8-7-18-4-2)13-5-6-15-16(11-13)21-10-9-20-15/h5-6,11,14,17H,3-4,7-10,12H2,1-2H3. The van der Waals surface area contributed by atoms with Crippen LogP contribution in [0.5, 0.6) is 11.5 Å². The summed E-state index contributed by atoms with van der Waals surface area (Å²) in [6, 6.07) is 6.21. The van der Waals surface area contributed by atoms with E-state index in [1.54, 1.807) is 0 Å². The van der Waals surface area contributed by atoms with Crippen molar-refractivity contribution in [2.24, 2.45) is 0 Å². The average molecular weight is 295 g/mol. The normalized spacial score (nSPS) is 15.0. The van der Waals surface area contributed by atoms with E-state index in [2.05, 4.69) is 18.3 Å². The van der Waals surface area contributed by atoms with Gasteiger partial charge in [0.15, 0.2) is 11.5 Å². The van der Waals surface area contributed by atoms with Crippen molar-refractivity contribution in [3.8, 4) is 11.5 Å². The molecule has 1 atom stereocenters. The molecule has 5 nitrogen and oxygen atoms in total. The van der Waals surface area contributed by atoms with Crippen molar-refractivity contribution < 1.29 is 18.9 Å². The van der Waals surface area contributed by atoms with Gasteiger partial charge in [0.05, 0.1) is 25.9 Å². The van der Waals surface area contributed by atoms with Gasteiger partial charge in [0.1, 0.15) is 13.2 Å².